The number of aromatic nitrogens is 2. The van der Waals surface area contributed by atoms with Crippen molar-refractivity contribution in [2.45, 2.75) is 53.4 Å². The molecule has 3 aromatic rings. The first-order chi connectivity index (χ1) is 11.5. The fraction of sp³-hybridized carbons (Fsp3) is 0.381. The Kier molecular flexibility index (Phi) is 3.41. The first-order valence-corrected chi connectivity index (χ1v) is 8.85. The number of benzene rings is 1. The third kappa shape index (κ3) is 2.15. The van der Waals surface area contributed by atoms with Gasteiger partial charge >= 0.3 is 0 Å². The van der Waals surface area contributed by atoms with Crippen LogP contribution in [-0.4, -0.2) is 9.55 Å². The molecule has 2 heterocycles. The van der Waals surface area contributed by atoms with Crippen molar-refractivity contribution in [3.8, 4) is 5.69 Å². The van der Waals surface area contributed by atoms with Crippen LogP contribution >= 0.6 is 0 Å². The van der Waals surface area contributed by atoms with Crippen LogP contribution in [-0.2, 0) is 12.8 Å². The molecule has 1 aromatic carbocycles. The van der Waals surface area contributed by atoms with Crippen molar-refractivity contribution >= 4 is 16.7 Å². The number of rotatable bonds is 1. The van der Waals surface area contributed by atoms with Crippen molar-refractivity contribution < 1.29 is 0 Å². The summed E-state index contributed by atoms with van der Waals surface area (Å²) in [6, 6.07) is 6.54. The molecule has 0 radical (unpaired) electrons. The molecule has 0 spiro atoms. The van der Waals surface area contributed by atoms with Crippen LogP contribution < -0.4 is 5.73 Å². The molecule has 2 N–H and O–H groups in total. The zero-order valence-corrected chi connectivity index (χ0v) is 15.0. The molecule has 2 aromatic heterocycles. The van der Waals surface area contributed by atoms with E-state index in [0.29, 0.717) is 0 Å². The summed E-state index contributed by atoms with van der Waals surface area (Å²) in [7, 11) is 0. The Morgan fingerprint density at radius 3 is 2.33 bits per heavy atom. The van der Waals surface area contributed by atoms with Gasteiger partial charge in [-0.15, -0.1) is 0 Å². The topological polar surface area (TPSA) is 43.8 Å². The largest absolute Gasteiger partial charge is 0.398 e. The molecular formula is C21H25N3. The number of pyridine rings is 1. The minimum atomic E-state index is 0.872. The Morgan fingerprint density at radius 1 is 0.958 bits per heavy atom. The van der Waals surface area contributed by atoms with E-state index in [0.717, 1.165) is 29.9 Å². The summed E-state index contributed by atoms with van der Waals surface area (Å²) in [5.74, 6) is 0. The Hall–Kier alpha value is -2.29. The number of hydrogen-bond donors (Lipinski definition) is 1. The van der Waals surface area contributed by atoms with Gasteiger partial charge in [0.05, 0.1) is 5.69 Å². The molecule has 24 heavy (non-hydrogen) atoms. The predicted octanol–water partition coefficient (Wildman–Crippen LogP) is 4.72. The molecule has 0 saturated heterocycles. The van der Waals surface area contributed by atoms with Crippen LogP contribution in [0.3, 0.4) is 0 Å². The number of nitrogens with zero attached hydrogens (tertiary/aromatic N) is 2. The van der Waals surface area contributed by atoms with E-state index in [1.165, 1.54) is 51.9 Å². The highest BCUT2D eigenvalue weighted by atomic mass is 15.1. The summed E-state index contributed by atoms with van der Waals surface area (Å²) in [4.78, 5) is 4.91. The maximum atomic E-state index is 6.42. The van der Waals surface area contributed by atoms with Crippen molar-refractivity contribution in [1.29, 1.82) is 0 Å². The van der Waals surface area contributed by atoms with Crippen LogP contribution in [0.5, 0.6) is 0 Å². The molecule has 3 nitrogen and oxygen atoms in total. The molecule has 0 aliphatic heterocycles. The van der Waals surface area contributed by atoms with E-state index in [2.05, 4.69) is 37.5 Å². The molecule has 0 bridgehead atoms. The van der Waals surface area contributed by atoms with Crippen LogP contribution in [0, 0.1) is 27.7 Å². The fourth-order valence-corrected chi connectivity index (χ4v) is 4.45. The zero-order valence-electron chi connectivity index (χ0n) is 15.0. The van der Waals surface area contributed by atoms with E-state index >= 15 is 0 Å². The molecule has 1 aliphatic carbocycles. The van der Waals surface area contributed by atoms with Gasteiger partial charge in [0.1, 0.15) is 5.65 Å². The maximum absolute atomic E-state index is 6.42. The van der Waals surface area contributed by atoms with Crippen molar-refractivity contribution in [2.24, 2.45) is 0 Å². The standard InChI is InChI=1S/C21H25N3/c1-12-9-13(2)20(14(3)10-12)24-18-8-6-5-7-16(18)19-17(22)11-15(4)23-21(19)24/h9-11H,5-8H2,1-4H3,(H2,22,23). The van der Waals surface area contributed by atoms with Gasteiger partial charge in [-0.25, -0.2) is 4.98 Å². The molecule has 124 valence electrons. The average molecular weight is 319 g/mol. The van der Waals surface area contributed by atoms with Gasteiger partial charge in [-0.2, -0.15) is 0 Å². The normalized spacial score (nSPS) is 14.2. The smallest absolute Gasteiger partial charge is 0.147 e. The lowest BCUT2D eigenvalue weighted by molar-refractivity contribution is 0.665. The van der Waals surface area contributed by atoms with Gasteiger partial charge in [-0.1, -0.05) is 17.7 Å². The van der Waals surface area contributed by atoms with Gasteiger partial charge in [0.15, 0.2) is 0 Å². The highest BCUT2D eigenvalue weighted by molar-refractivity contribution is 5.95. The van der Waals surface area contributed by atoms with Gasteiger partial charge in [-0.05, 0) is 76.1 Å². The van der Waals surface area contributed by atoms with Gasteiger partial charge in [0.2, 0.25) is 0 Å². The van der Waals surface area contributed by atoms with Gasteiger partial charge in [0.25, 0.3) is 0 Å². The van der Waals surface area contributed by atoms with Crippen molar-refractivity contribution in [2.75, 3.05) is 5.73 Å². The second-order valence-corrected chi connectivity index (χ2v) is 7.27. The summed E-state index contributed by atoms with van der Waals surface area (Å²) < 4.78 is 2.40. The Labute approximate surface area is 143 Å². The quantitative estimate of drug-likeness (QED) is 0.705. The van der Waals surface area contributed by atoms with Crippen LogP contribution in [0.25, 0.3) is 16.7 Å². The Bertz CT molecular complexity index is 940. The number of nitrogens with two attached hydrogens (primary N) is 1. The van der Waals surface area contributed by atoms with E-state index < -0.39 is 0 Å². The van der Waals surface area contributed by atoms with Crippen LogP contribution in [0.15, 0.2) is 18.2 Å². The molecule has 1 aliphatic rings. The van der Waals surface area contributed by atoms with Crippen LogP contribution in [0.1, 0.15) is 46.5 Å². The molecule has 0 atom stereocenters. The maximum Gasteiger partial charge on any atom is 0.147 e. The summed E-state index contributed by atoms with van der Waals surface area (Å²) in [5.41, 5.74) is 17.3. The molecule has 0 unspecified atom stereocenters. The second kappa shape index (κ2) is 5.37. The molecule has 3 heteroatoms. The predicted molar refractivity (Wildman–Crippen MR) is 101 cm³/mol. The summed E-state index contributed by atoms with van der Waals surface area (Å²) >= 11 is 0. The molecule has 0 saturated carbocycles. The lowest BCUT2D eigenvalue weighted by Gasteiger charge is -2.19. The average Bonchev–Trinajstić information content (AvgIpc) is 2.81. The number of fused-ring (bicyclic) bond motifs is 3. The molecular weight excluding hydrogens is 294 g/mol. The first kappa shape index (κ1) is 15.3. The van der Waals surface area contributed by atoms with Crippen LogP contribution in [0.2, 0.25) is 0 Å². The summed E-state index contributed by atoms with van der Waals surface area (Å²) in [6.45, 7) is 8.60. The minimum absolute atomic E-state index is 0.872. The minimum Gasteiger partial charge on any atom is -0.398 e. The number of nitrogen functional groups attached to an aromatic ring is 1. The lowest BCUT2D eigenvalue weighted by Crippen LogP contribution is -2.09. The van der Waals surface area contributed by atoms with Gasteiger partial charge < -0.3 is 5.73 Å². The SMILES string of the molecule is Cc1cc(C)c(-n2c3c(c4c(N)cc(C)nc42)CCCC3)c(C)c1. The highest BCUT2D eigenvalue weighted by Crippen LogP contribution is 2.38. The van der Waals surface area contributed by atoms with Crippen molar-refractivity contribution in [3.05, 3.63) is 51.8 Å². The number of aryl methyl sites for hydroxylation is 5. The zero-order chi connectivity index (χ0) is 17.0. The van der Waals surface area contributed by atoms with Crippen LogP contribution in [0.4, 0.5) is 5.69 Å². The van der Waals surface area contributed by atoms with E-state index in [1.807, 2.05) is 13.0 Å². The third-order valence-corrected chi connectivity index (χ3v) is 5.24. The lowest BCUT2D eigenvalue weighted by atomic mass is 9.95. The monoisotopic (exact) mass is 319 g/mol. The van der Waals surface area contributed by atoms with Gasteiger partial charge in [0, 0.05) is 22.5 Å². The highest BCUT2D eigenvalue weighted by Gasteiger charge is 2.25. The summed E-state index contributed by atoms with van der Waals surface area (Å²) in [5, 5.41) is 1.18. The molecule has 0 amide bonds. The fourth-order valence-electron chi connectivity index (χ4n) is 4.45. The van der Waals surface area contributed by atoms with Crippen molar-refractivity contribution in [1.82, 2.24) is 9.55 Å². The van der Waals surface area contributed by atoms with E-state index in [-0.39, 0.29) is 0 Å². The van der Waals surface area contributed by atoms with E-state index in [4.69, 9.17) is 10.7 Å². The molecule has 0 fully saturated rings. The second-order valence-electron chi connectivity index (χ2n) is 7.27. The molecule has 4 rings (SSSR count). The van der Waals surface area contributed by atoms with E-state index in [9.17, 15) is 0 Å². The Balaban J connectivity index is 2.17. The first-order valence-electron chi connectivity index (χ1n) is 8.85. The number of anilines is 1. The van der Waals surface area contributed by atoms with Crippen molar-refractivity contribution in [3.63, 3.8) is 0 Å². The third-order valence-electron chi connectivity index (χ3n) is 5.24. The van der Waals surface area contributed by atoms with Gasteiger partial charge in [-0.3, -0.25) is 4.57 Å². The van der Waals surface area contributed by atoms with E-state index in [1.54, 1.807) is 0 Å². The Morgan fingerprint density at radius 2 is 1.62 bits per heavy atom. The number of hydrogen-bond acceptors (Lipinski definition) is 2. The summed E-state index contributed by atoms with van der Waals surface area (Å²) in [6.07, 6.45) is 4.70.